The predicted molar refractivity (Wildman–Crippen MR) is 135 cm³/mol. The fourth-order valence-electron chi connectivity index (χ4n) is 4.55. The molecule has 3 rings (SSSR count). The summed E-state index contributed by atoms with van der Waals surface area (Å²) in [6.45, 7) is 18.3. The first-order valence-corrected chi connectivity index (χ1v) is 11.6. The van der Waals surface area contributed by atoms with Gasteiger partial charge >= 0.3 is 0 Å². The monoisotopic (exact) mass is 400 g/mol. The van der Waals surface area contributed by atoms with E-state index >= 15 is 0 Å². The van der Waals surface area contributed by atoms with E-state index in [1.165, 1.54) is 44.5 Å². The van der Waals surface area contributed by atoms with Crippen molar-refractivity contribution in [1.29, 1.82) is 0 Å². The highest BCUT2D eigenvalue weighted by atomic mass is 14.3. The van der Waals surface area contributed by atoms with Gasteiger partial charge in [0, 0.05) is 0 Å². The lowest BCUT2D eigenvalue weighted by molar-refractivity contribution is 0.585. The average molecular weight is 401 g/mol. The standard InChI is InChI=1S/C30H40/c1-9-11-27-21-13-15-23-19-26(30(6,7)8)20-24(28(23)12-10-2)16-14-22(27)18-25(17-21)29(3,4)5/h9-12,17-20H,13-16H2,1-8H3/b11-9+,12-10+. The van der Waals surface area contributed by atoms with Gasteiger partial charge in [-0.3, -0.25) is 0 Å². The van der Waals surface area contributed by atoms with Crippen molar-refractivity contribution in [2.24, 2.45) is 0 Å². The third kappa shape index (κ3) is 4.80. The van der Waals surface area contributed by atoms with Crippen molar-refractivity contribution in [3.63, 3.8) is 0 Å². The van der Waals surface area contributed by atoms with Crippen LogP contribution in [0.4, 0.5) is 0 Å². The van der Waals surface area contributed by atoms with E-state index in [9.17, 15) is 0 Å². The summed E-state index contributed by atoms with van der Waals surface area (Å²) in [5.41, 5.74) is 12.2. The van der Waals surface area contributed by atoms with Gasteiger partial charge in [-0.25, -0.2) is 0 Å². The smallest absolute Gasteiger partial charge is 0.0132 e. The number of hydrogen-bond donors (Lipinski definition) is 0. The normalized spacial score (nSPS) is 15.2. The molecular formula is C30H40. The average Bonchev–Trinajstić information content (AvgIpc) is 2.64. The lowest BCUT2D eigenvalue weighted by Crippen LogP contribution is -2.16. The van der Waals surface area contributed by atoms with Crippen LogP contribution >= 0.6 is 0 Å². The minimum absolute atomic E-state index is 0.173. The van der Waals surface area contributed by atoms with Crippen LogP contribution < -0.4 is 0 Å². The highest BCUT2D eigenvalue weighted by Gasteiger charge is 2.22. The Morgan fingerprint density at radius 1 is 0.533 bits per heavy atom. The molecule has 0 unspecified atom stereocenters. The molecule has 0 saturated heterocycles. The van der Waals surface area contributed by atoms with Crippen LogP contribution in [0.3, 0.4) is 0 Å². The fourth-order valence-corrected chi connectivity index (χ4v) is 4.55. The molecule has 30 heavy (non-hydrogen) atoms. The van der Waals surface area contributed by atoms with E-state index < -0.39 is 0 Å². The Morgan fingerprint density at radius 2 is 0.800 bits per heavy atom. The summed E-state index contributed by atoms with van der Waals surface area (Å²) in [4.78, 5) is 0. The van der Waals surface area contributed by atoms with E-state index in [0.717, 1.165) is 25.7 Å². The maximum absolute atomic E-state index is 2.48. The van der Waals surface area contributed by atoms with Gasteiger partial charge < -0.3 is 0 Å². The van der Waals surface area contributed by atoms with Crippen LogP contribution in [0, 0.1) is 0 Å². The Morgan fingerprint density at radius 3 is 1.00 bits per heavy atom. The molecule has 2 aromatic carbocycles. The minimum atomic E-state index is 0.173. The van der Waals surface area contributed by atoms with Gasteiger partial charge in [-0.1, -0.05) is 90.1 Å². The molecule has 1 aliphatic rings. The van der Waals surface area contributed by atoms with Crippen LogP contribution in [0.5, 0.6) is 0 Å². The molecule has 0 nitrogen and oxygen atoms in total. The molecule has 0 N–H and O–H groups in total. The topological polar surface area (TPSA) is 0 Å². The third-order valence-corrected chi connectivity index (χ3v) is 6.43. The van der Waals surface area contributed by atoms with E-state index in [2.05, 4.69) is 104 Å². The minimum Gasteiger partial charge on any atom is -0.0870 e. The van der Waals surface area contributed by atoms with Crippen molar-refractivity contribution in [2.75, 3.05) is 0 Å². The van der Waals surface area contributed by atoms with Crippen LogP contribution in [0.1, 0.15) is 99.9 Å². The summed E-state index contributed by atoms with van der Waals surface area (Å²) < 4.78 is 0. The van der Waals surface area contributed by atoms with Crippen LogP contribution in [0.2, 0.25) is 0 Å². The number of rotatable bonds is 2. The van der Waals surface area contributed by atoms with E-state index in [0.29, 0.717) is 0 Å². The molecule has 2 aromatic rings. The molecule has 0 spiro atoms. The molecule has 0 heterocycles. The molecule has 1 aliphatic carbocycles. The van der Waals surface area contributed by atoms with Gasteiger partial charge in [-0.15, -0.1) is 0 Å². The zero-order chi connectivity index (χ0) is 22.1. The molecule has 0 aromatic heterocycles. The molecule has 0 aliphatic heterocycles. The molecule has 0 atom stereocenters. The molecule has 4 bridgehead atoms. The second-order valence-corrected chi connectivity index (χ2v) is 10.9. The fraction of sp³-hybridized carbons (Fsp3) is 0.467. The van der Waals surface area contributed by atoms with Crippen LogP contribution in [0.15, 0.2) is 36.4 Å². The maximum Gasteiger partial charge on any atom is -0.0132 e. The Bertz CT molecular complexity index is 837. The Balaban J connectivity index is 2.21. The first kappa shape index (κ1) is 22.6. The van der Waals surface area contributed by atoms with Crippen molar-refractivity contribution in [2.45, 2.75) is 91.9 Å². The second kappa shape index (κ2) is 8.58. The van der Waals surface area contributed by atoms with E-state index in [1.807, 2.05) is 0 Å². The molecule has 0 fully saturated rings. The van der Waals surface area contributed by atoms with Crippen LogP contribution in [0.25, 0.3) is 12.2 Å². The van der Waals surface area contributed by atoms with Crippen LogP contribution in [-0.4, -0.2) is 0 Å². The number of benzene rings is 2. The van der Waals surface area contributed by atoms with Gasteiger partial charge in [0.1, 0.15) is 0 Å². The number of allylic oxidation sites excluding steroid dienone is 2. The second-order valence-electron chi connectivity index (χ2n) is 10.9. The van der Waals surface area contributed by atoms with Gasteiger partial charge in [-0.05, 0) is 94.9 Å². The third-order valence-electron chi connectivity index (χ3n) is 6.43. The Kier molecular flexibility index (Phi) is 6.46. The zero-order valence-corrected chi connectivity index (χ0v) is 20.4. The SMILES string of the molecule is C/C=C/c1c2cc(C(C)(C)C)cc1CCc1cc(C(C)(C)C)cc(c1/C=C/C)CC2. The Hall–Kier alpha value is -2.08. The predicted octanol–water partition coefficient (Wildman–Crippen LogP) is 8.23. The Labute approximate surface area is 185 Å². The van der Waals surface area contributed by atoms with Crippen molar-refractivity contribution in [3.05, 3.63) is 80.9 Å². The molecule has 0 radical (unpaired) electrons. The molecule has 160 valence electrons. The van der Waals surface area contributed by atoms with Gasteiger partial charge in [0.15, 0.2) is 0 Å². The summed E-state index contributed by atoms with van der Waals surface area (Å²) in [5.74, 6) is 0. The van der Waals surface area contributed by atoms with E-state index in [-0.39, 0.29) is 10.8 Å². The summed E-state index contributed by atoms with van der Waals surface area (Å²) in [6.07, 6.45) is 13.4. The molecule has 0 heteroatoms. The highest BCUT2D eigenvalue weighted by Crippen LogP contribution is 2.34. The van der Waals surface area contributed by atoms with Gasteiger partial charge in [-0.2, -0.15) is 0 Å². The summed E-state index contributed by atoms with van der Waals surface area (Å²) in [5, 5.41) is 0. The van der Waals surface area contributed by atoms with Crippen molar-refractivity contribution in [3.8, 4) is 0 Å². The quantitative estimate of drug-likeness (QED) is 0.476. The lowest BCUT2D eigenvalue weighted by atomic mass is 9.78. The number of hydrogen-bond acceptors (Lipinski definition) is 0. The highest BCUT2D eigenvalue weighted by molar-refractivity contribution is 5.63. The van der Waals surface area contributed by atoms with Gasteiger partial charge in [0.05, 0.1) is 0 Å². The lowest BCUT2D eigenvalue weighted by Gasteiger charge is -2.27. The number of aryl methyl sites for hydroxylation is 4. The van der Waals surface area contributed by atoms with Crippen molar-refractivity contribution < 1.29 is 0 Å². The summed E-state index contributed by atoms with van der Waals surface area (Å²) in [7, 11) is 0. The van der Waals surface area contributed by atoms with E-state index in [1.54, 1.807) is 0 Å². The summed E-state index contributed by atoms with van der Waals surface area (Å²) >= 11 is 0. The van der Waals surface area contributed by atoms with E-state index in [4.69, 9.17) is 0 Å². The number of fused-ring (bicyclic) bond motifs is 4. The summed E-state index contributed by atoms with van der Waals surface area (Å²) in [6, 6.07) is 9.91. The largest absolute Gasteiger partial charge is 0.0870 e. The first-order valence-electron chi connectivity index (χ1n) is 11.6. The molecular weight excluding hydrogens is 360 g/mol. The zero-order valence-electron chi connectivity index (χ0n) is 20.4. The maximum atomic E-state index is 2.48. The first-order chi connectivity index (χ1) is 14.0. The van der Waals surface area contributed by atoms with Crippen LogP contribution in [-0.2, 0) is 36.5 Å². The van der Waals surface area contributed by atoms with Gasteiger partial charge in [0.2, 0.25) is 0 Å². The van der Waals surface area contributed by atoms with Crippen molar-refractivity contribution in [1.82, 2.24) is 0 Å². The van der Waals surface area contributed by atoms with Gasteiger partial charge in [0.25, 0.3) is 0 Å². The molecule has 0 amide bonds. The molecule has 0 saturated carbocycles. The van der Waals surface area contributed by atoms with Crippen molar-refractivity contribution >= 4 is 12.2 Å².